The molecule has 1 saturated heterocycles. The summed E-state index contributed by atoms with van der Waals surface area (Å²) in [5, 5.41) is 14.6. The first kappa shape index (κ1) is 22.1. The second-order valence-corrected chi connectivity index (χ2v) is 6.29. The largest absolute Gasteiger partial charge is 0.506 e. The fraction of sp³-hybridized carbons (Fsp3) is 0.600. The summed E-state index contributed by atoms with van der Waals surface area (Å²) in [5.74, 6) is 0.591. The third kappa shape index (κ3) is 5.05. The Bertz CT molecular complexity index is 467. The van der Waals surface area contributed by atoms with E-state index < -0.39 is 0 Å². The Morgan fingerprint density at radius 1 is 1.23 bits per heavy atom. The number of rotatable bonds is 4. The lowest BCUT2D eigenvalue weighted by atomic mass is 9.90. The average Bonchev–Trinajstić information content (AvgIpc) is 2.45. The maximum absolute atomic E-state index is 10.3. The predicted octanol–water partition coefficient (Wildman–Crippen LogP) is 4.54. The minimum absolute atomic E-state index is 0. The molecule has 0 spiro atoms. The van der Waals surface area contributed by atoms with Crippen molar-refractivity contribution in [2.24, 2.45) is 5.92 Å². The Kier molecular flexibility index (Phi) is 10.1. The number of halogens is 4. The van der Waals surface area contributed by atoms with Crippen molar-refractivity contribution >= 4 is 48.0 Å². The number of benzene rings is 1. The number of aromatic hydroxyl groups is 1. The van der Waals surface area contributed by atoms with E-state index in [1.54, 1.807) is 6.07 Å². The summed E-state index contributed by atoms with van der Waals surface area (Å²) < 4.78 is 0. The van der Waals surface area contributed by atoms with E-state index in [0.717, 1.165) is 38.2 Å². The summed E-state index contributed by atoms with van der Waals surface area (Å²) in [6.45, 7) is 8.27. The minimum Gasteiger partial charge on any atom is -0.506 e. The Hall–Kier alpha value is 0.1000. The van der Waals surface area contributed by atoms with Crippen LogP contribution in [0.15, 0.2) is 12.1 Å². The van der Waals surface area contributed by atoms with Gasteiger partial charge in [0.05, 0.1) is 5.02 Å². The molecule has 0 amide bonds. The summed E-state index contributed by atoms with van der Waals surface area (Å²) in [5.41, 5.74) is 0.846. The molecule has 0 aliphatic carbocycles. The minimum atomic E-state index is 0. The second-order valence-electron chi connectivity index (χ2n) is 5.44. The van der Waals surface area contributed by atoms with Crippen LogP contribution in [0.3, 0.4) is 0 Å². The molecule has 1 fully saturated rings. The molecule has 1 aliphatic heterocycles. The Labute approximate surface area is 155 Å². The molecular formula is C15H24Cl4N2O. The molecule has 2 N–H and O–H groups in total. The van der Waals surface area contributed by atoms with Crippen molar-refractivity contribution in [1.82, 2.24) is 10.2 Å². The van der Waals surface area contributed by atoms with Gasteiger partial charge < -0.3 is 10.4 Å². The Morgan fingerprint density at radius 3 is 2.36 bits per heavy atom. The number of nitrogens with one attached hydrogen (secondary N) is 1. The van der Waals surface area contributed by atoms with Crippen molar-refractivity contribution in [3.05, 3.63) is 27.7 Å². The zero-order valence-corrected chi connectivity index (χ0v) is 16.0. The van der Waals surface area contributed by atoms with E-state index in [-0.39, 0.29) is 36.6 Å². The van der Waals surface area contributed by atoms with E-state index in [1.807, 2.05) is 6.07 Å². The molecular weight excluding hydrogens is 366 g/mol. The van der Waals surface area contributed by atoms with Gasteiger partial charge in [0.25, 0.3) is 0 Å². The van der Waals surface area contributed by atoms with Gasteiger partial charge in [0, 0.05) is 42.8 Å². The molecule has 2 rings (SSSR count). The molecule has 1 aliphatic rings. The summed E-state index contributed by atoms with van der Waals surface area (Å²) in [6.07, 6.45) is 1.04. The topological polar surface area (TPSA) is 35.5 Å². The van der Waals surface area contributed by atoms with Gasteiger partial charge >= 0.3 is 0 Å². The molecule has 1 unspecified atom stereocenters. The monoisotopic (exact) mass is 388 g/mol. The van der Waals surface area contributed by atoms with Crippen LogP contribution in [0.2, 0.25) is 10.0 Å². The maximum Gasteiger partial charge on any atom is 0.139 e. The van der Waals surface area contributed by atoms with Crippen molar-refractivity contribution < 1.29 is 5.11 Å². The molecule has 0 aromatic heterocycles. The first-order valence-corrected chi connectivity index (χ1v) is 7.92. The highest BCUT2D eigenvalue weighted by Crippen LogP contribution is 2.41. The van der Waals surface area contributed by atoms with Crippen LogP contribution < -0.4 is 5.32 Å². The van der Waals surface area contributed by atoms with E-state index in [0.29, 0.717) is 16.0 Å². The number of piperazine rings is 1. The highest BCUT2D eigenvalue weighted by Gasteiger charge is 2.29. The molecule has 1 aromatic carbocycles. The molecule has 7 heteroatoms. The van der Waals surface area contributed by atoms with Crippen LogP contribution >= 0.6 is 48.0 Å². The van der Waals surface area contributed by atoms with Gasteiger partial charge in [-0.15, -0.1) is 24.8 Å². The standard InChI is InChI=1S/C15H22Cl2N2O.2ClH/c1-3-10(2)14(19-6-4-18-5-7-19)12-8-11(16)9-13(17)15(12)20;;/h8-10,14,18,20H,3-7H2,1-2H3;2*1H/t10?,14-;;/m0../s1. The second kappa shape index (κ2) is 10.1. The summed E-state index contributed by atoms with van der Waals surface area (Å²) in [4.78, 5) is 2.41. The number of nitrogens with zero attached hydrogens (tertiary/aromatic N) is 1. The van der Waals surface area contributed by atoms with Crippen LogP contribution in [0, 0.1) is 5.92 Å². The number of hydrogen-bond acceptors (Lipinski definition) is 3. The van der Waals surface area contributed by atoms with Crippen molar-refractivity contribution in [2.75, 3.05) is 26.2 Å². The number of phenolic OH excluding ortho intramolecular Hbond substituents is 1. The zero-order chi connectivity index (χ0) is 14.7. The average molecular weight is 390 g/mol. The predicted molar refractivity (Wildman–Crippen MR) is 99.3 cm³/mol. The van der Waals surface area contributed by atoms with E-state index >= 15 is 0 Å². The lowest BCUT2D eigenvalue weighted by Gasteiger charge is -2.38. The van der Waals surface area contributed by atoms with Crippen molar-refractivity contribution in [3.8, 4) is 5.75 Å². The van der Waals surface area contributed by atoms with Gasteiger partial charge in [-0.05, 0) is 18.1 Å². The third-order valence-corrected chi connectivity index (χ3v) is 4.61. The van der Waals surface area contributed by atoms with Crippen LogP contribution in [0.4, 0.5) is 0 Å². The van der Waals surface area contributed by atoms with Gasteiger partial charge in [-0.2, -0.15) is 0 Å². The number of phenols is 1. The zero-order valence-electron chi connectivity index (χ0n) is 12.8. The molecule has 1 aromatic rings. The van der Waals surface area contributed by atoms with E-state index in [1.165, 1.54) is 0 Å². The first-order chi connectivity index (χ1) is 9.54. The van der Waals surface area contributed by atoms with Crippen LogP contribution in [0.25, 0.3) is 0 Å². The molecule has 0 radical (unpaired) electrons. The summed E-state index contributed by atoms with van der Waals surface area (Å²) in [6, 6.07) is 3.59. The maximum atomic E-state index is 10.3. The van der Waals surface area contributed by atoms with E-state index in [4.69, 9.17) is 23.2 Å². The molecule has 2 atom stereocenters. The molecule has 0 saturated carbocycles. The highest BCUT2D eigenvalue weighted by atomic mass is 35.5. The Balaban J connectivity index is 0.00000220. The molecule has 22 heavy (non-hydrogen) atoms. The first-order valence-electron chi connectivity index (χ1n) is 7.17. The van der Waals surface area contributed by atoms with Gasteiger partial charge in [0.15, 0.2) is 0 Å². The molecule has 3 nitrogen and oxygen atoms in total. The van der Waals surface area contributed by atoms with Crippen molar-refractivity contribution in [3.63, 3.8) is 0 Å². The van der Waals surface area contributed by atoms with Gasteiger partial charge in [0.2, 0.25) is 0 Å². The fourth-order valence-corrected chi connectivity index (χ4v) is 3.37. The molecule has 128 valence electrons. The van der Waals surface area contributed by atoms with Crippen molar-refractivity contribution in [1.29, 1.82) is 0 Å². The van der Waals surface area contributed by atoms with Crippen LogP contribution in [-0.4, -0.2) is 36.2 Å². The van der Waals surface area contributed by atoms with E-state index in [9.17, 15) is 5.11 Å². The molecule has 0 bridgehead atoms. The van der Waals surface area contributed by atoms with Crippen LogP contribution in [-0.2, 0) is 0 Å². The van der Waals surface area contributed by atoms with Gasteiger partial charge in [-0.25, -0.2) is 0 Å². The number of hydrogen-bond donors (Lipinski definition) is 2. The van der Waals surface area contributed by atoms with Gasteiger partial charge in [-0.1, -0.05) is 43.5 Å². The van der Waals surface area contributed by atoms with E-state index in [2.05, 4.69) is 24.1 Å². The van der Waals surface area contributed by atoms with Gasteiger partial charge in [0.1, 0.15) is 5.75 Å². The summed E-state index contributed by atoms with van der Waals surface area (Å²) in [7, 11) is 0. The molecule has 1 heterocycles. The SMILES string of the molecule is CCC(C)[C@@H](c1cc(Cl)cc(Cl)c1O)N1CCNCC1.Cl.Cl. The third-order valence-electron chi connectivity index (χ3n) is 4.10. The normalized spacial score (nSPS) is 18.0. The highest BCUT2D eigenvalue weighted by molar-refractivity contribution is 6.35. The lowest BCUT2D eigenvalue weighted by Crippen LogP contribution is -2.46. The van der Waals surface area contributed by atoms with Crippen molar-refractivity contribution in [2.45, 2.75) is 26.3 Å². The van der Waals surface area contributed by atoms with Crippen LogP contribution in [0.5, 0.6) is 5.75 Å². The fourth-order valence-electron chi connectivity index (χ4n) is 2.86. The Morgan fingerprint density at radius 2 is 1.82 bits per heavy atom. The summed E-state index contributed by atoms with van der Waals surface area (Å²) >= 11 is 12.2. The van der Waals surface area contributed by atoms with Gasteiger partial charge in [-0.3, -0.25) is 4.90 Å². The quantitative estimate of drug-likeness (QED) is 0.793. The van der Waals surface area contributed by atoms with Crippen LogP contribution in [0.1, 0.15) is 31.9 Å². The smallest absolute Gasteiger partial charge is 0.139 e. The lowest BCUT2D eigenvalue weighted by molar-refractivity contribution is 0.126.